The molecule has 1 heterocycles. The SMILES string of the molecule is COCC(=O)NCC1(c2ccc(OC)cc2)CCOCC1. The molecule has 1 N–H and O–H groups in total. The minimum Gasteiger partial charge on any atom is -0.497 e. The Balaban J connectivity index is 2.13. The summed E-state index contributed by atoms with van der Waals surface area (Å²) in [5.74, 6) is 0.751. The quantitative estimate of drug-likeness (QED) is 0.863. The van der Waals surface area contributed by atoms with Gasteiger partial charge in [0.1, 0.15) is 12.4 Å². The maximum atomic E-state index is 11.7. The van der Waals surface area contributed by atoms with Gasteiger partial charge in [0, 0.05) is 32.3 Å². The van der Waals surface area contributed by atoms with Crippen LogP contribution in [0.3, 0.4) is 0 Å². The number of carbonyl (C=O) groups is 1. The lowest BCUT2D eigenvalue weighted by Crippen LogP contribution is -2.45. The fourth-order valence-corrected chi connectivity index (χ4v) is 2.72. The minimum atomic E-state index is -0.0862. The summed E-state index contributed by atoms with van der Waals surface area (Å²) < 4.78 is 15.6. The Bertz CT molecular complexity index is 452. The molecule has 116 valence electrons. The average molecular weight is 293 g/mol. The molecular weight excluding hydrogens is 270 g/mol. The Labute approximate surface area is 125 Å². The number of benzene rings is 1. The van der Waals surface area contributed by atoms with Crippen molar-refractivity contribution < 1.29 is 19.0 Å². The van der Waals surface area contributed by atoms with Gasteiger partial charge in [-0.25, -0.2) is 0 Å². The average Bonchev–Trinajstić information content (AvgIpc) is 2.54. The van der Waals surface area contributed by atoms with E-state index in [0.29, 0.717) is 19.8 Å². The first-order chi connectivity index (χ1) is 10.2. The van der Waals surface area contributed by atoms with Gasteiger partial charge in [-0.05, 0) is 30.5 Å². The van der Waals surface area contributed by atoms with Gasteiger partial charge in [-0.1, -0.05) is 12.1 Å². The molecule has 1 amide bonds. The van der Waals surface area contributed by atoms with Crippen LogP contribution in [-0.4, -0.2) is 46.5 Å². The monoisotopic (exact) mass is 293 g/mol. The van der Waals surface area contributed by atoms with Crippen LogP contribution < -0.4 is 10.1 Å². The molecule has 2 rings (SSSR count). The molecule has 0 atom stereocenters. The molecule has 0 radical (unpaired) electrons. The Morgan fingerprint density at radius 2 is 1.90 bits per heavy atom. The van der Waals surface area contributed by atoms with E-state index < -0.39 is 0 Å². The molecule has 21 heavy (non-hydrogen) atoms. The van der Waals surface area contributed by atoms with Crippen molar-refractivity contribution in [3.05, 3.63) is 29.8 Å². The van der Waals surface area contributed by atoms with E-state index >= 15 is 0 Å². The Kier molecular flexibility index (Phi) is 5.59. The van der Waals surface area contributed by atoms with Crippen molar-refractivity contribution in [2.75, 3.05) is 40.6 Å². The van der Waals surface area contributed by atoms with Crippen LogP contribution in [-0.2, 0) is 19.7 Å². The highest BCUT2D eigenvalue weighted by molar-refractivity contribution is 5.77. The predicted octanol–water partition coefficient (Wildman–Crippen LogP) is 1.51. The molecule has 0 saturated carbocycles. The number of rotatable bonds is 6. The lowest BCUT2D eigenvalue weighted by molar-refractivity contribution is -0.125. The molecular formula is C16H23NO4. The number of nitrogens with one attached hydrogen (secondary N) is 1. The topological polar surface area (TPSA) is 56.8 Å². The molecule has 0 aliphatic carbocycles. The summed E-state index contributed by atoms with van der Waals surface area (Å²) in [6.45, 7) is 2.12. The van der Waals surface area contributed by atoms with Crippen molar-refractivity contribution in [3.8, 4) is 5.75 Å². The van der Waals surface area contributed by atoms with Gasteiger partial charge in [0.2, 0.25) is 5.91 Å². The van der Waals surface area contributed by atoms with Gasteiger partial charge >= 0.3 is 0 Å². The van der Waals surface area contributed by atoms with Gasteiger partial charge in [0.05, 0.1) is 7.11 Å². The van der Waals surface area contributed by atoms with Crippen LogP contribution in [0.25, 0.3) is 0 Å². The molecule has 1 fully saturated rings. The van der Waals surface area contributed by atoms with Crippen LogP contribution >= 0.6 is 0 Å². The number of methoxy groups -OCH3 is 2. The minimum absolute atomic E-state index is 0.0755. The number of ether oxygens (including phenoxy) is 3. The van der Waals surface area contributed by atoms with Gasteiger partial charge in [0.25, 0.3) is 0 Å². The highest BCUT2D eigenvalue weighted by Crippen LogP contribution is 2.35. The maximum Gasteiger partial charge on any atom is 0.246 e. The summed E-state index contributed by atoms with van der Waals surface area (Å²) in [7, 11) is 3.18. The fraction of sp³-hybridized carbons (Fsp3) is 0.562. The zero-order valence-electron chi connectivity index (χ0n) is 12.7. The predicted molar refractivity (Wildman–Crippen MR) is 79.6 cm³/mol. The van der Waals surface area contributed by atoms with Crippen molar-refractivity contribution in [3.63, 3.8) is 0 Å². The van der Waals surface area contributed by atoms with E-state index in [1.54, 1.807) is 7.11 Å². The zero-order valence-corrected chi connectivity index (χ0v) is 12.7. The van der Waals surface area contributed by atoms with Crippen LogP contribution in [0, 0.1) is 0 Å². The van der Waals surface area contributed by atoms with Crippen molar-refractivity contribution in [2.45, 2.75) is 18.3 Å². The van der Waals surface area contributed by atoms with E-state index in [9.17, 15) is 4.79 Å². The van der Waals surface area contributed by atoms with E-state index in [4.69, 9.17) is 14.2 Å². The summed E-state index contributed by atoms with van der Waals surface area (Å²) in [6, 6.07) is 8.08. The summed E-state index contributed by atoms with van der Waals surface area (Å²) in [5.41, 5.74) is 1.14. The second kappa shape index (κ2) is 7.43. The molecule has 1 aromatic rings. The van der Waals surface area contributed by atoms with Crippen molar-refractivity contribution in [1.29, 1.82) is 0 Å². The van der Waals surface area contributed by atoms with Crippen LogP contribution in [0.1, 0.15) is 18.4 Å². The summed E-state index contributed by atoms with van der Waals surface area (Å²) >= 11 is 0. The molecule has 1 aromatic carbocycles. The third kappa shape index (κ3) is 3.95. The molecule has 5 heteroatoms. The first-order valence-electron chi connectivity index (χ1n) is 7.18. The van der Waals surface area contributed by atoms with Crippen molar-refractivity contribution >= 4 is 5.91 Å². The van der Waals surface area contributed by atoms with Gasteiger partial charge < -0.3 is 19.5 Å². The van der Waals surface area contributed by atoms with Crippen LogP contribution in [0.15, 0.2) is 24.3 Å². The molecule has 0 bridgehead atoms. The Hall–Kier alpha value is -1.59. The van der Waals surface area contributed by atoms with Gasteiger partial charge in [-0.3, -0.25) is 4.79 Å². The lowest BCUT2D eigenvalue weighted by atomic mass is 9.74. The number of hydrogen-bond donors (Lipinski definition) is 1. The first kappa shape index (κ1) is 15.8. The molecule has 0 spiro atoms. The molecule has 5 nitrogen and oxygen atoms in total. The normalized spacial score (nSPS) is 17.2. The van der Waals surface area contributed by atoms with Crippen LogP contribution in [0.5, 0.6) is 5.75 Å². The number of carbonyl (C=O) groups excluding carboxylic acids is 1. The number of amides is 1. The molecule has 1 saturated heterocycles. The van der Waals surface area contributed by atoms with E-state index in [-0.39, 0.29) is 17.9 Å². The second-order valence-electron chi connectivity index (χ2n) is 5.33. The largest absolute Gasteiger partial charge is 0.497 e. The van der Waals surface area contributed by atoms with Crippen LogP contribution in [0.2, 0.25) is 0 Å². The molecule has 0 aromatic heterocycles. The molecule has 1 aliphatic heterocycles. The molecule has 0 unspecified atom stereocenters. The van der Waals surface area contributed by atoms with E-state index in [1.165, 1.54) is 12.7 Å². The maximum absolute atomic E-state index is 11.7. The third-order valence-corrected chi connectivity index (χ3v) is 4.05. The van der Waals surface area contributed by atoms with E-state index in [2.05, 4.69) is 17.4 Å². The number of hydrogen-bond acceptors (Lipinski definition) is 4. The summed E-state index contributed by atoms with van der Waals surface area (Å²) in [5, 5.41) is 2.97. The highest BCUT2D eigenvalue weighted by Gasteiger charge is 2.34. The lowest BCUT2D eigenvalue weighted by Gasteiger charge is -2.38. The zero-order chi connectivity index (χ0) is 15.1. The van der Waals surface area contributed by atoms with Gasteiger partial charge in [0.15, 0.2) is 0 Å². The molecule has 1 aliphatic rings. The first-order valence-corrected chi connectivity index (χ1v) is 7.18. The Morgan fingerprint density at radius 1 is 1.24 bits per heavy atom. The second-order valence-corrected chi connectivity index (χ2v) is 5.33. The summed E-state index contributed by atoms with van der Waals surface area (Å²) in [4.78, 5) is 11.7. The smallest absolute Gasteiger partial charge is 0.246 e. The van der Waals surface area contributed by atoms with Crippen molar-refractivity contribution in [2.24, 2.45) is 0 Å². The van der Waals surface area contributed by atoms with Gasteiger partial charge in [-0.2, -0.15) is 0 Å². The van der Waals surface area contributed by atoms with E-state index in [1.807, 2.05) is 12.1 Å². The van der Waals surface area contributed by atoms with E-state index in [0.717, 1.165) is 18.6 Å². The van der Waals surface area contributed by atoms with Crippen LogP contribution in [0.4, 0.5) is 0 Å². The fourth-order valence-electron chi connectivity index (χ4n) is 2.72. The highest BCUT2D eigenvalue weighted by atomic mass is 16.5. The Morgan fingerprint density at radius 3 is 2.48 bits per heavy atom. The third-order valence-electron chi connectivity index (χ3n) is 4.05. The standard InChI is InChI=1S/C16H23NO4/c1-19-11-15(18)17-12-16(7-9-21-10-8-16)13-3-5-14(20-2)6-4-13/h3-6H,7-12H2,1-2H3,(H,17,18). The summed E-state index contributed by atoms with van der Waals surface area (Å²) in [6.07, 6.45) is 1.79. The van der Waals surface area contributed by atoms with Crippen molar-refractivity contribution in [1.82, 2.24) is 5.32 Å². The van der Waals surface area contributed by atoms with Gasteiger partial charge in [-0.15, -0.1) is 0 Å².